The van der Waals surface area contributed by atoms with E-state index in [0.717, 1.165) is 5.01 Å². The lowest BCUT2D eigenvalue weighted by molar-refractivity contribution is 0.0847. The van der Waals surface area contributed by atoms with Gasteiger partial charge in [0.25, 0.3) is 0 Å². The summed E-state index contributed by atoms with van der Waals surface area (Å²) >= 11 is 0. The number of carbonyl (C=O) groups excluding carboxylic acids is 1. The Morgan fingerprint density at radius 3 is 2.44 bits per heavy atom. The van der Waals surface area contributed by atoms with E-state index < -0.39 is 13.5 Å². The molecule has 0 fully saturated rings. The van der Waals surface area contributed by atoms with Crippen LogP contribution < -0.4 is 0 Å². The van der Waals surface area contributed by atoms with Crippen molar-refractivity contribution in [3.8, 4) is 5.81 Å². The van der Waals surface area contributed by atoms with Crippen LogP contribution >= 0.6 is 7.60 Å². The number of carbonyl (C=O) groups is 1. The zero-order valence-electron chi connectivity index (χ0n) is 8.44. The molecule has 1 amide bonds. The van der Waals surface area contributed by atoms with Crippen LogP contribution in [0.2, 0.25) is 0 Å². The number of rotatable bonds is 1. The Bertz CT molecular complexity index is 485. The normalized spacial score (nSPS) is 10.2. The van der Waals surface area contributed by atoms with E-state index in [4.69, 9.17) is 9.79 Å². The second-order valence-electron chi connectivity index (χ2n) is 2.94. The van der Waals surface area contributed by atoms with E-state index in [2.05, 4.69) is 4.95 Å². The van der Waals surface area contributed by atoms with Crippen molar-refractivity contribution in [3.05, 3.63) is 40.8 Å². The highest BCUT2D eigenvalue weighted by atomic mass is 31.2. The fourth-order valence-corrected chi connectivity index (χ4v) is 1.19. The molecule has 84 valence electrons. The summed E-state index contributed by atoms with van der Waals surface area (Å²) in [7, 11) is -3.17. The molecule has 0 aliphatic heterocycles. The zero-order valence-corrected chi connectivity index (χ0v) is 9.33. The lowest BCUT2D eigenvalue weighted by atomic mass is 10.2. The number of benzene rings is 1. The van der Waals surface area contributed by atoms with Crippen molar-refractivity contribution in [3.63, 3.8) is 0 Å². The Balaban J connectivity index is 2.83. The maximum atomic E-state index is 11.6. The summed E-state index contributed by atoms with van der Waals surface area (Å²) < 4.78 is 10.4. The first-order valence-electron chi connectivity index (χ1n) is 4.27. The van der Waals surface area contributed by atoms with Crippen LogP contribution in [0.3, 0.4) is 0 Å². The zero-order chi connectivity index (χ0) is 12.2. The highest BCUT2D eigenvalue weighted by molar-refractivity contribution is 7.57. The van der Waals surface area contributed by atoms with Gasteiger partial charge in [0.05, 0.1) is 7.05 Å². The predicted octanol–water partition coefficient (Wildman–Crippen LogP) is 1.14. The summed E-state index contributed by atoms with van der Waals surface area (Å²) in [5.74, 6) is 1.10. The van der Waals surface area contributed by atoms with E-state index in [9.17, 15) is 9.36 Å². The Morgan fingerprint density at radius 1 is 1.38 bits per heavy atom. The van der Waals surface area contributed by atoms with Crippen molar-refractivity contribution in [2.75, 3.05) is 7.05 Å². The molecule has 0 saturated carbocycles. The van der Waals surface area contributed by atoms with Crippen LogP contribution in [0.25, 0.3) is 4.95 Å². The molecule has 7 heteroatoms. The molecule has 0 aliphatic carbocycles. The second-order valence-corrected chi connectivity index (χ2v) is 4.23. The van der Waals surface area contributed by atoms with E-state index >= 15 is 0 Å². The highest BCUT2D eigenvalue weighted by Crippen LogP contribution is 2.32. The summed E-state index contributed by atoms with van der Waals surface area (Å²) in [5.41, 5.74) is 0.376. The van der Waals surface area contributed by atoms with Crippen LogP contribution in [0.15, 0.2) is 30.3 Å². The summed E-state index contributed by atoms with van der Waals surface area (Å²) in [6.07, 6.45) is 0. The molecule has 0 bridgehead atoms. The van der Waals surface area contributed by atoms with Crippen molar-refractivity contribution in [2.24, 2.45) is 0 Å². The van der Waals surface area contributed by atoms with Crippen molar-refractivity contribution >= 4 is 13.5 Å². The van der Waals surface area contributed by atoms with Gasteiger partial charge in [0, 0.05) is 10.6 Å². The van der Waals surface area contributed by atoms with Gasteiger partial charge in [-0.15, -0.1) is 0 Å². The number of hydrogen-bond donors (Lipinski definition) is 2. The monoisotopic (exact) mass is 241 g/mol. The highest BCUT2D eigenvalue weighted by Gasteiger charge is 2.22. The largest absolute Gasteiger partial charge is 0.478 e. The molecule has 0 heterocycles. The average Bonchev–Trinajstić information content (AvgIpc) is 2.25. The van der Waals surface area contributed by atoms with Gasteiger partial charge in [0.1, 0.15) is 4.95 Å². The molecule has 0 spiro atoms. The van der Waals surface area contributed by atoms with Crippen LogP contribution in [-0.2, 0) is 4.57 Å². The minimum atomic E-state index is -4.46. The molecule has 1 aromatic carbocycles. The molecule has 0 radical (unpaired) electrons. The minimum absolute atomic E-state index is 0.376. The molecule has 1 rings (SSSR count). The number of amides is 1. The first kappa shape index (κ1) is 12.4. The van der Waals surface area contributed by atoms with Crippen LogP contribution in [0.4, 0.5) is 0 Å². The van der Waals surface area contributed by atoms with Gasteiger partial charge in [-0.3, -0.25) is 4.79 Å². The fraction of sp³-hybridized carbons (Fsp3) is 0.111. The van der Waals surface area contributed by atoms with Crippen LogP contribution in [0, 0.1) is 5.81 Å². The molecule has 0 saturated heterocycles. The molecule has 0 unspecified atom stereocenters. The van der Waals surface area contributed by atoms with E-state index in [0.29, 0.717) is 5.56 Å². The van der Waals surface area contributed by atoms with Gasteiger partial charge < -0.3 is 9.79 Å². The van der Waals surface area contributed by atoms with Crippen LogP contribution in [-0.4, -0.2) is 27.8 Å². The van der Waals surface area contributed by atoms with Crippen molar-refractivity contribution in [1.29, 1.82) is 0 Å². The third-order valence-electron chi connectivity index (χ3n) is 1.64. The lowest BCUT2D eigenvalue weighted by Gasteiger charge is -1.97. The Hall–Kier alpha value is -1.67. The molecule has 16 heavy (non-hydrogen) atoms. The number of nitrogens with zero attached hydrogens (tertiary/aromatic N) is 2. The van der Waals surface area contributed by atoms with Gasteiger partial charge in [-0.1, -0.05) is 18.2 Å². The molecule has 0 aliphatic rings. The summed E-state index contributed by atoms with van der Waals surface area (Å²) in [6.45, 7) is 0. The second kappa shape index (κ2) is 4.90. The smallest absolute Gasteiger partial charge is 0.311 e. The van der Waals surface area contributed by atoms with Gasteiger partial charge in [-0.2, -0.15) is 0 Å². The van der Waals surface area contributed by atoms with Gasteiger partial charge in [-0.25, -0.2) is 4.57 Å². The summed E-state index contributed by atoms with van der Waals surface area (Å²) in [6, 6.07) is 8.26. The van der Waals surface area contributed by atoms with E-state index in [1.54, 1.807) is 36.1 Å². The molecular formula is C9H10N2O4P+. The van der Waals surface area contributed by atoms with Crippen molar-refractivity contribution in [2.45, 2.75) is 0 Å². The van der Waals surface area contributed by atoms with E-state index in [-0.39, 0.29) is 0 Å². The van der Waals surface area contributed by atoms with E-state index in [1.165, 1.54) is 7.05 Å². The first-order valence-corrected chi connectivity index (χ1v) is 5.88. The Morgan fingerprint density at radius 2 is 1.94 bits per heavy atom. The summed E-state index contributed by atoms with van der Waals surface area (Å²) in [5, 5.41) is 0.814. The maximum absolute atomic E-state index is 11.6. The Labute approximate surface area is 92.1 Å². The molecule has 6 nitrogen and oxygen atoms in total. The van der Waals surface area contributed by atoms with Gasteiger partial charge in [-0.05, 0) is 12.1 Å². The van der Waals surface area contributed by atoms with E-state index in [1.807, 2.05) is 0 Å². The fourth-order valence-electron chi connectivity index (χ4n) is 0.938. The molecular weight excluding hydrogens is 231 g/mol. The standard InChI is InChI=1S/C9H9N2O4P/c1-11(10-7-16(13,14)15)9(12)8-5-3-2-4-6-8/h2-6H,1H3,(H-,13,14,15)/p+1. The minimum Gasteiger partial charge on any atom is -0.311 e. The predicted molar refractivity (Wildman–Crippen MR) is 57.8 cm³/mol. The van der Waals surface area contributed by atoms with Gasteiger partial charge in [0.2, 0.25) is 0 Å². The molecule has 0 atom stereocenters. The Kier molecular flexibility index (Phi) is 3.80. The van der Waals surface area contributed by atoms with Crippen LogP contribution in [0.5, 0.6) is 0 Å². The quantitative estimate of drug-likeness (QED) is 0.570. The van der Waals surface area contributed by atoms with Gasteiger partial charge >= 0.3 is 19.3 Å². The third-order valence-corrected chi connectivity index (χ3v) is 1.99. The molecule has 1 aromatic rings. The van der Waals surface area contributed by atoms with Crippen LogP contribution in [0.1, 0.15) is 10.4 Å². The average molecular weight is 241 g/mol. The van der Waals surface area contributed by atoms with Gasteiger partial charge in [0.15, 0.2) is 0 Å². The molecule has 0 aromatic heterocycles. The van der Waals surface area contributed by atoms with Crippen molar-refractivity contribution in [1.82, 2.24) is 5.01 Å². The molecule has 2 N–H and O–H groups in total. The van der Waals surface area contributed by atoms with Crippen molar-refractivity contribution < 1.29 is 19.1 Å². The summed E-state index contributed by atoms with van der Waals surface area (Å²) in [4.78, 5) is 31.8. The first-order chi connectivity index (χ1) is 7.40. The topological polar surface area (TPSA) is 82.2 Å². The lowest BCUT2D eigenvalue weighted by Crippen LogP contribution is -2.19. The number of hydrogen-bond acceptors (Lipinski definition) is 2. The maximum Gasteiger partial charge on any atom is 0.478 e. The third kappa shape index (κ3) is 3.83. The SMILES string of the molecule is CN([N+]#CP(=O)(O)O)C(=O)c1ccccc1.